The topological polar surface area (TPSA) is 32.5 Å². The van der Waals surface area contributed by atoms with E-state index in [2.05, 4.69) is 29.8 Å². The summed E-state index contributed by atoms with van der Waals surface area (Å²) in [7, 11) is 2.17. The SMILES string of the molecule is CC(N)c1ccc(N2CCN(C)C(C)C2)cc1Cl. The van der Waals surface area contributed by atoms with E-state index >= 15 is 0 Å². The smallest absolute Gasteiger partial charge is 0.0474 e. The lowest BCUT2D eigenvalue weighted by atomic mass is 10.1. The normalized spacial score (nSPS) is 23.2. The maximum absolute atomic E-state index is 6.29. The van der Waals surface area contributed by atoms with Gasteiger partial charge < -0.3 is 15.5 Å². The molecule has 0 bridgehead atoms. The minimum Gasteiger partial charge on any atom is -0.369 e. The highest BCUT2D eigenvalue weighted by molar-refractivity contribution is 6.31. The van der Waals surface area contributed by atoms with Crippen molar-refractivity contribution < 1.29 is 0 Å². The Morgan fingerprint density at radius 1 is 1.39 bits per heavy atom. The summed E-state index contributed by atoms with van der Waals surface area (Å²) < 4.78 is 0. The van der Waals surface area contributed by atoms with Gasteiger partial charge in [0.05, 0.1) is 0 Å². The second-order valence-electron chi connectivity index (χ2n) is 5.27. The van der Waals surface area contributed by atoms with Gasteiger partial charge in [0.15, 0.2) is 0 Å². The molecule has 0 spiro atoms. The minimum absolute atomic E-state index is 0.0158. The van der Waals surface area contributed by atoms with Crippen LogP contribution in [0.2, 0.25) is 5.02 Å². The highest BCUT2D eigenvalue weighted by Crippen LogP contribution is 2.28. The van der Waals surface area contributed by atoms with Crippen LogP contribution in [0.5, 0.6) is 0 Å². The van der Waals surface area contributed by atoms with Crippen molar-refractivity contribution >= 4 is 17.3 Å². The van der Waals surface area contributed by atoms with Gasteiger partial charge in [0.25, 0.3) is 0 Å². The Morgan fingerprint density at radius 3 is 2.67 bits per heavy atom. The predicted octanol–water partition coefficient (Wildman–Crippen LogP) is 2.50. The van der Waals surface area contributed by atoms with Gasteiger partial charge in [-0.1, -0.05) is 17.7 Å². The summed E-state index contributed by atoms with van der Waals surface area (Å²) in [6.45, 7) is 7.40. The molecule has 0 amide bonds. The lowest BCUT2D eigenvalue weighted by molar-refractivity contribution is 0.234. The van der Waals surface area contributed by atoms with Crippen molar-refractivity contribution in [2.24, 2.45) is 5.73 Å². The number of nitrogens with zero attached hydrogens (tertiary/aromatic N) is 2. The van der Waals surface area contributed by atoms with Crippen molar-refractivity contribution in [3.63, 3.8) is 0 Å². The van der Waals surface area contributed by atoms with Gasteiger partial charge in [0.1, 0.15) is 0 Å². The van der Waals surface area contributed by atoms with E-state index in [0.717, 1.165) is 30.2 Å². The first-order valence-corrected chi connectivity index (χ1v) is 6.87. The number of halogens is 1. The molecule has 18 heavy (non-hydrogen) atoms. The molecule has 2 N–H and O–H groups in total. The fourth-order valence-electron chi connectivity index (χ4n) is 2.36. The molecule has 2 unspecified atom stereocenters. The summed E-state index contributed by atoms with van der Waals surface area (Å²) in [4.78, 5) is 4.77. The van der Waals surface area contributed by atoms with Crippen molar-refractivity contribution in [3.8, 4) is 0 Å². The van der Waals surface area contributed by atoms with Gasteiger partial charge in [-0.3, -0.25) is 0 Å². The van der Waals surface area contributed by atoms with E-state index in [1.165, 1.54) is 5.69 Å². The largest absolute Gasteiger partial charge is 0.369 e. The van der Waals surface area contributed by atoms with E-state index in [-0.39, 0.29) is 6.04 Å². The molecule has 0 saturated carbocycles. The first kappa shape index (κ1) is 13.7. The number of rotatable bonds is 2. The number of benzene rings is 1. The molecule has 0 aromatic heterocycles. The summed E-state index contributed by atoms with van der Waals surface area (Å²) >= 11 is 6.29. The quantitative estimate of drug-likeness (QED) is 0.894. The van der Waals surface area contributed by atoms with Crippen LogP contribution in [-0.2, 0) is 0 Å². The van der Waals surface area contributed by atoms with Crippen molar-refractivity contribution in [2.45, 2.75) is 25.9 Å². The summed E-state index contributed by atoms with van der Waals surface area (Å²) in [5.41, 5.74) is 8.09. The molecule has 2 rings (SSSR count). The number of piperazine rings is 1. The van der Waals surface area contributed by atoms with Gasteiger partial charge in [-0.2, -0.15) is 0 Å². The molecule has 1 aliphatic rings. The summed E-state index contributed by atoms with van der Waals surface area (Å²) in [5, 5.41) is 0.772. The molecule has 1 aliphatic heterocycles. The molecule has 100 valence electrons. The van der Waals surface area contributed by atoms with Gasteiger partial charge in [-0.05, 0) is 38.6 Å². The molecular weight excluding hydrogens is 246 g/mol. The van der Waals surface area contributed by atoms with E-state index in [0.29, 0.717) is 6.04 Å². The van der Waals surface area contributed by atoms with Gasteiger partial charge >= 0.3 is 0 Å². The van der Waals surface area contributed by atoms with Crippen LogP contribution in [0.15, 0.2) is 18.2 Å². The van der Waals surface area contributed by atoms with E-state index in [4.69, 9.17) is 17.3 Å². The third kappa shape index (κ3) is 2.79. The lowest BCUT2D eigenvalue weighted by Crippen LogP contribution is -2.50. The Kier molecular flexibility index (Phi) is 4.15. The van der Waals surface area contributed by atoms with Gasteiger partial charge in [0.2, 0.25) is 0 Å². The zero-order valence-corrected chi connectivity index (χ0v) is 12.1. The van der Waals surface area contributed by atoms with Crippen molar-refractivity contribution in [2.75, 3.05) is 31.6 Å². The van der Waals surface area contributed by atoms with Crippen LogP contribution in [0.1, 0.15) is 25.5 Å². The second kappa shape index (κ2) is 5.47. The van der Waals surface area contributed by atoms with Crippen molar-refractivity contribution in [3.05, 3.63) is 28.8 Å². The average molecular weight is 268 g/mol. The fraction of sp³-hybridized carbons (Fsp3) is 0.571. The zero-order chi connectivity index (χ0) is 13.3. The molecule has 1 aromatic carbocycles. The van der Waals surface area contributed by atoms with Crippen LogP contribution in [0.3, 0.4) is 0 Å². The van der Waals surface area contributed by atoms with Crippen molar-refractivity contribution in [1.29, 1.82) is 0 Å². The average Bonchev–Trinajstić information content (AvgIpc) is 2.32. The Balaban J connectivity index is 2.17. The third-order valence-electron chi connectivity index (χ3n) is 3.80. The maximum atomic E-state index is 6.29. The highest BCUT2D eigenvalue weighted by atomic mass is 35.5. The number of hydrogen-bond acceptors (Lipinski definition) is 3. The van der Waals surface area contributed by atoms with Gasteiger partial charge in [-0.25, -0.2) is 0 Å². The van der Waals surface area contributed by atoms with Gasteiger partial charge in [0, 0.05) is 42.4 Å². The number of hydrogen-bond donors (Lipinski definition) is 1. The first-order valence-electron chi connectivity index (χ1n) is 6.49. The molecule has 3 nitrogen and oxygen atoms in total. The summed E-state index contributed by atoms with van der Waals surface area (Å²) in [6, 6.07) is 6.77. The van der Waals surface area contributed by atoms with E-state index in [1.54, 1.807) is 0 Å². The lowest BCUT2D eigenvalue weighted by Gasteiger charge is -2.39. The van der Waals surface area contributed by atoms with Crippen LogP contribution in [0.4, 0.5) is 5.69 Å². The van der Waals surface area contributed by atoms with Crippen LogP contribution in [0, 0.1) is 0 Å². The van der Waals surface area contributed by atoms with E-state index in [1.807, 2.05) is 19.1 Å². The molecule has 1 aromatic rings. The van der Waals surface area contributed by atoms with Gasteiger partial charge in [-0.15, -0.1) is 0 Å². The highest BCUT2D eigenvalue weighted by Gasteiger charge is 2.21. The van der Waals surface area contributed by atoms with Crippen LogP contribution >= 0.6 is 11.6 Å². The molecule has 4 heteroatoms. The van der Waals surface area contributed by atoms with E-state index in [9.17, 15) is 0 Å². The molecule has 1 heterocycles. The molecule has 2 atom stereocenters. The molecule has 0 radical (unpaired) electrons. The molecular formula is C14H22ClN3. The number of anilines is 1. The Morgan fingerprint density at radius 2 is 2.11 bits per heavy atom. The first-order chi connectivity index (χ1) is 8.49. The Labute approximate surface area is 115 Å². The van der Waals surface area contributed by atoms with Crippen LogP contribution in [0.25, 0.3) is 0 Å². The molecule has 0 aliphatic carbocycles. The van der Waals surface area contributed by atoms with E-state index < -0.39 is 0 Å². The zero-order valence-electron chi connectivity index (χ0n) is 11.4. The summed E-state index contributed by atoms with van der Waals surface area (Å²) in [6.07, 6.45) is 0. The van der Waals surface area contributed by atoms with Crippen LogP contribution in [-0.4, -0.2) is 37.6 Å². The monoisotopic (exact) mass is 267 g/mol. The number of likely N-dealkylation sites (N-methyl/N-ethyl adjacent to an activating group) is 1. The van der Waals surface area contributed by atoms with Crippen LogP contribution < -0.4 is 10.6 Å². The minimum atomic E-state index is -0.0158. The summed E-state index contributed by atoms with van der Waals surface area (Å²) in [5.74, 6) is 0. The molecule has 1 saturated heterocycles. The maximum Gasteiger partial charge on any atom is 0.0474 e. The Hall–Kier alpha value is -0.770. The Bertz CT molecular complexity index is 420. The third-order valence-corrected chi connectivity index (χ3v) is 4.13. The predicted molar refractivity (Wildman–Crippen MR) is 78.4 cm³/mol. The standard InChI is InChI=1S/C14H22ClN3/c1-10-9-18(7-6-17(10)3)12-4-5-13(11(2)16)14(15)8-12/h4-5,8,10-11H,6-7,9,16H2,1-3H3. The second-order valence-corrected chi connectivity index (χ2v) is 5.68. The van der Waals surface area contributed by atoms with Crippen molar-refractivity contribution in [1.82, 2.24) is 4.90 Å². The molecule has 1 fully saturated rings. The number of nitrogens with two attached hydrogens (primary N) is 1. The fourth-order valence-corrected chi connectivity index (χ4v) is 2.71.